The third kappa shape index (κ3) is 4.61. The summed E-state index contributed by atoms with van der Waals surface area (Å²) in [5, 5.41) is 23.7. The third-order valence-corrected chi connectivity index (χ3v) is 7.56. The number of ether oxygens (including phenoxy) is 3. The lowest BCUT2D eigenvalue weighted by molar-refractivity contribution is -0.0978. The molecule has 0 radical (unpaired) electrons. The Labute approximate surface area is 230 Å². The molecule has 1 saturated heterocycles. The van der Waals surface area contributed by atoms with Crippen LogP contribution in [0.2, 0.25) is 0 Å². The van der Waals surface area contributed by atoms with Gasteiger partial charge in [0.15, 0.2) is 6.23 Å². The highest BCUT2D eigenvalue weighted by atomic mass is 16.5. The summed E-state index contributed by atoms with van der Waals surface area (Å²) in [6, 6.07) is 24.1. The molecule has 5 atom stereocenters. The van der Waals surface area contributed by atoms with E-state index in [0.29, 0.717) is 22.6 Å². The first-order valence-corrected chi connectivity index (χ1v) is 12.7. The Morgan fingerprint density at radius 3 is 1.90 bits per heavy atom. The van der Waals surface area contributed by atoms with Crippen molar-refractivity contribution in [2.45, 2.75) is 36.0 Å². The fourth-order valence-electron chi connectivity index (χ4n) is 5.53. The molecule has 10 nitrogen and oxygen atoms in total. The van der Waals surface area contributed by atoms with E-state index in [2.05, 4.69) is 4.98 Å². The van der Waals surface area contributed by atoms with Crippen LogP contribution in [0, 0.1) is 0 Å². The molecule has 5 rings (SSSR count). The normalized spacial score (nSPS) is 21.6. The van der Waals surface area contributed by atoms with Gasteiger partial charge in [-0.3, -0.25) is 14.3 Å². The highest BCUT2D eigenvalue weighted by molar-refractivity contribution is 5.54. The van der Waals surface area contributed by atoms with Gasteiger partial charge in [0.25, 0.3) is 5.56 Å². The molecule has 40 heavy (non-hydrogen) atoms. The summed E-state index contributed by atoms with van der Waals surface area (Å²) in [6.45, 7) is 0. The minimum Gasteiger partial charge on any atom is -0.497 e. The Morgan fingerprint density at radius 1 is 0.875 bits per heavy atom. The smallest absolute Gasteiger partial charge is 0.330 e. The molecule has 1 aliphatic rings. The van der Waals surface area contributed by atoms with Crippen molar-refractivity contribution < 1.29 is 24.4 Å². The number of hydrogen-bond donors (Lipinski definition) is 4. The van der Waals surface area contributed by atoms with Crippen molar-refractivity contribution in [2.24, 2.45) is 5.73 Å². The lowest BCUT2D eigenvalue weighted by Gasteiger charge is -2.43. The zero-order chi connectivity index (χ0) is 28.4. The average Bonchev–Trinajstić information content (AvgIpc) is 3.28. The van der Waals surface area contributed by atoms with Crippen LogP contribution in [0.1, 0.15) is 22.9 Å². The Balaban J connectivity index is 1.70. The fraction of sp³-hybridized carbons (Fsp3) is 0.267. The molecular weight excluding hydrogens is 514 g/mol. The number of nitrogens with zero attached hydrogens (tertiary/aromatic N) is 1. The van der Waals surface area contributed by atoms with Crippen molar-refractivity contribution in [3.63, 3.8) is 0 Å². The van der Waals surface area contributed by atoms with Gasteiger partial charge < -0.3 is 30.2 Å². The fourth-order valence-corrected chi connectivity index (χ4v) is 5.53. The van der Waals surface area contributed by atoms with E-state index in [1.54, 1.807) is 38.5 Å². The molecule has 1 aliphatic heterocycles. The van der Waals surface area contributed by atoms with E-state index < -0.39 is 47.2 Å². The second-order valence-corrected chi connectivity index (χ2v) is 9.65. The first-order valence-electron chi connectivity index (χ1n) is 12.7. The number of rotatable bonds is 8. The van der Waals surface area contributed by atoms with Gasteiger partial charge in [-0.1, -0.05) is 54.6 Å². The summed E-state index contributed by atoms with van der Waals surface area (Å²) in [5.74, 6) is 1.26. The number of aliphatic hydroxyl groups is 2. The number of aliphatic hydroxyl groups excluding tert-OH is 2. The van der Waals surface area contributed by atoms with Gasteiger partial charge in [-0.15, -0.1) is 0 Å². The molecule has 0 aliphatic carbocycles. The number of hydrogen-bond acceptors (Lipinski definition) is 8. The predicted octanol–water partition coefficient (Wildman–Crippen LogP) is 1.53. The number of aromatic amines is 1. The molecule has 10 heteroatoms. The number of H-pyrrole nitrogens is 1. The van der Waals surface area contributed by atoms with Crippen LogP contribution in [-0.4, -0.2) is 58.3 Å². The number of nitrogens with one attached hydrogen (secondary N) is 1. The van der Waals surface area contributed by atoms with E-state index >= 15 is 0 Å². The largest absolute Gasteiger partial charge is 0.497 e. The molecule has 1 fully saturated rings. The van der Waals surface area contributed by atoms with Crippen LogP contribution in [0.3, 0.4) is 0 Å². The molecule has 5 N–H and O–H groups in total. The maximum atomic E-state index is 12.5. The van der Waals surface area contributed by atoms with E-state index in [1.165, 1.54) is 6.20 Å². The molecule has 3 aromatic carbocycles. The lowest BCUT2D eigenvalue weighted by atomic mass is 9.64. The molecule has 0 saturated carbocycles. The number of methoxy groups -OCH3 is 2. The molecule has 2 heterocycles. The van der Waals surface area contributed by atoms with Gasteiger partial charge in [0.05, 0.1) is 25.7 Å². The summed E-state index contributed by atoms with van der Waals surface area (Å²) in [4.78, 5) is 26.3. The number of benzene rings is 3. The van der Waals surface area contributed by atoms with Crippen molar-refractivity contribution >= 4 is 0 Å². The maximum absolute atomic E-state index is 12.5. The van der Waals surface area contributed by atoms with Crippen molar-refractivity contribution in [1.29, 1.82) is 0 Å². The Morgan fingerprint density at radius 2 is 1.40 bits per heavy atom. The zero-order valence-electron chi connectivity index (χ0n) is 22.0. The maximum Gasteiger partial charge on any atom is 0.330 e. The number of nitrogens with two attached hydrogens (primary N) is 1. The van der Waals surface area contributed by atoms with E-state index in [1.807, 2.05) is 54.6 Å². The molecular formula is C30H31N3O7. The van der Waals surface area contributed by atoms with Gasteiger partial charge in [-0.2, -0.15) is 0 Å². The Hall–Kier alpha value is -4.22. The van der Waals surface area contributed by atoms with Gasteiger partial charge in [0.2, 0.25) is 0 Å². The van der Waals surface area contributed by atoms with Crippen LogP contribution in [0.5, 0.6) is 11.5 Å². The first kappa shape index (κ1) is 27.4. The van der Waals surface area contributed by atoms with Crippen molar-refractivity contribution in [3.8, 4) is 11.5 Å². The standard InChI is InChI=1S/C30H31N3O7/c1-38-21-12-8-19(9-13-21)30(18-6-4-3-5-7-18,20-10-14-22(39-2)15-11-20)27(36)26-25(35)24(31)28(40-26)33-17-16-23(34)32-29(33)37/h3-17,24-28,35-36H,31H2,1-2H3,(H,32,34,37)/t24?,25-,26-,27?,28+/m0/s1. The molecule has 208 valence electrons. The van der Waals surface area contributed by atoms with Crippen LogP contribution in [-0.2, 0) is 10.2 Å². The zero-order valence-corrected chi connectivity index (χ0v) is 22.0. The quantitative estimate of drug-likeness (QED) is 0.244. The van der Waals surface area contributed by atoms with E-state index in [9.17, 15) is 19.8 Å². The highest BCUT2D eigenvalue weighted by Crippen LogP contribution is 2.47. The highest BCUT2D eigenvalue weighted by Gasteiger charge is 2.54. The second-order valence-electron chi connectivity index (χ2n) is 9.65. The lowest BCUT2D eigenvalue weighted by Crippen LogP contribution is -2.53. The van der Waals surface area contributed by atoms with E-state index in [0.717, 1.165) is 16.2 Å². The summed E-state index contributed by atoms with van der Waals surface area (Å²) in [6.07, 6.45) is -3.88. The molecule has 2 unspecified atom stereocenters. The third-order valence-electron chi connectivity index (χ3n) is 7.56. The molecule has 0 spiro atoms. The summed E-state index contributed by atoms with van der Waals surface area (Å²) in [7, 11) is 3.14. The van der Waals surface area contributed by atoms with Crippen LogP contribution in [0.4, 0.5) is 0 Å². The molecule has 4 aromatic rings. The molecule has 0 bridgehead atoms. The Bertz CT molecular complexity index is 1500. The van der Waals surface area contributed by atoms with Crippen LogP contribution < -0.4 is 26.5 Å². The van der Waals surface area contributed by atoms with E-state index in [-0.39, 0.29) is 0 Å². The topological polar surface area (TPSA) is 149 Å². The minimum absolute atomic E-state index is 0.577. The van der Waals surface area contributed by atoms with Crippen molar-refractivity contribution in [1.82, 2.24) is 9.55 Å². The van der Waals surface area contributed by atoms with Gasteiger partial charge in [-0.25, -0.2) is 4.79 Å². The molecule has 0 amide bonds. The first-order chi connectivity index (χ1) is 19.3. The van der Waals surface area contributed by atoms with Crippen LogP contribution >= 0.6 is 0 Å². The number of aromatic nitrogens is 2. The van der Waals surface area contributed by atoms with Crippen LogP contribution in [0.25, 0.3) is 0 Å². The summed E-state index contributed by atoms with van der Waals surface area (Å²) in [5.41, 5.74) is 5.90. The monoisotopic (exact) mass is 545 g/mol. The molecule has 1 aromatic heterocycles. The Kier molecular flexibility index (Phi) is 7.59. The van der Waals surface area contributed by atoms with Crippen molar-refractivity contribution in [2.75, 3.05) is 14.2 Å². The summed E-state index contributed by atoms with van der Waals surface area (Å²) >= 11 is 0. The van der Waals surface area contributed by atoms with Gasteiger partial charge >= 0.3 is 5.69 Å². The second kappa shape index (κ2) is 11.1. The van der Waals surface area contributed by atoms with E-state index in [4.69, 9.17) is 19.9 Å². The SMILES string of the molecule is COc1ccc(C(c2ccccc2)(c2ccc(OC)cc2)C(O)[C@H]2O[C@@H](n3ccc(=O)[nH]c3=O)C(N)[C@@H]2O)cc1. The van der Waals surface area contributed by atoms with Crippen molar-refractivity contribution in [3.05, 3.63) is 129 Å². The van der Waals surface area contributed by atoms with Crippen LogP contribution in [0.15, 0.2) is 101 Å². The van der Waals surface area contributed by atoms with Gasteiger partial charge in [0, 0.05) is 12.3 Å². The predicted molar refractivity (Wildman–Crippen MR) is 148 cm³/mol. The average molecular weight is 546 g/mol. The summed E-state index contributed by atoms with van der Waals surface area (Å²) < 4.78 is 18.0. The minimum atomic E-state index is -1.40. The van der Waals surface area contributed by atoms with Gasteiger partial charge in [-0.05, 0) is 41.0 Å². The van der Waals surface area contributed by atoms with Gasteiger partial charge in [0.1, 0.15) is 29.8 Å².